The van der Waals surface area contributed by atoms with Gasteiger partial charge in [-0.05, 0) is 19.3 Å². The zero-order valence-electron chi connectivity index (χ0n) is 8.52. The second-order valence-electron chi connectivity index (χ2n) is 3.77. The van der Waals surface area contributed by atoms with Crippen molar-refractivity contribution >= 4 is 0 Å². The maximum absolute atomic E-state index is 5.65. The molecule has 0 radical (unpaired) electrons. The van der Waals surface area contributed by atoms with Crippen molar-refractivity contribution in [2.45, 2.75) is 38.0 Å². The Balaban J connectivity index is 2.21. The summed E-state index contributed by atoms with van der Waals surface area (Å²) < 4.78 is 7.63. The molecule has 2 N–H and O–H groups in total. The van der Waals surface area contributed by atoms with Gasteiger partial charge < -0.3 is 15.0 Å². The number of methoxy groups -OCH3 is 1. The van der Waals surface area contributed by atoms with Gasteiger partial charge in [0.1, 0.15) is 0 Å². The van der Waals surface area contributed by atoms with E-state index in [0.717, 1.165) is 12.1 Å². The summed E-state index contributed by atoms with van der Waals surface area (Å²) in [6.07, 6.45) is 7.57. The third kappa shape index (κ3) is 1.55. The standard InChI is InChI=1S/C10H17N3O/c1-14-10-4-2-3-9(10)13-7-12-6-8(13)5-11/h6-7,9-10H,2-5,11H2,1H3. The Bertz CT molecular complexity index is 297. The molecular weight excluding hydrogens is 178 g/mol. The molecule has 1 aromatic rings. The number of imidazole rings is 1. The number of hydrogen-bond donors (Lipinski definition) is 1. The quantitative estimate of drug-likeness (QED) is 0.785. The zero-order valence-corrected chi connectivity index (χ0v) is 8.52. The van der Waals surface area contributed by atoms with Gasteiger partial charge in [-0.15, -0.1) is 0 Å². The molecule has 2 unspecified atom stereocenters. The fraction of sp³-hybridized carbons (Fsp3) is 0.700. The Kier molecular flexibility index (Phi) is 2.84. The molecule has 78 valence electrons. The van der Waals surface area contributed by atoms with E-state index in [4.69, 9.17) is 10.5 Å². The van der Waals surface area contributed by atoms with Crippen LogP contribution in [0.3, 0.4) is 0 Å². The molecule has 0 spiro atoms. The van der Waals surface area contributed by atoms with Gasteiger partial charge in [0.15, 0.2) is 0 Å². The molecule has 4 heteroatoms. The molecule has 2 rings (SSSR count). The first kappa shape index (κ1) is 9.68. The monoisotopic (exact) mass is 195 g/mol. The van der Waals surface area contributed by atoms with E-state index in [1.54, 1.807) is 7.11 Å². The highest BCUT2D eigenvalue weighted by atomic mass is 16.5. The van der Waals surface area contributed by atoms with E-state index in [0.29, 0.717) is 18.7 Å². The second-order valence-corrected chi connectivity index (χ2v) is 3.77. The Hall–Kier alpha value is -0.870. The minimum absolute atomic E-state index is 0.328. The van der Waals surface area contributed by atoms with Gasteiger partial charge in [-0.2, -0.15) is 0 Å². The molecule has 1 aliphatic rings. The fourth-order valence-electron chi connectivity index (χ4n) is 2.29. The van der Waals surface area contributed by atoms with Crippen molar-refractivity contribution in [1.29, 1.82) is 0 Å². The molecule has 0 bridgehead atoms. The average Bonchev–Trinajstić information content (AvgIpc) is 2.85. The number of nitrogens with zero attached hydrogens (tertiary/aromatic N) is 2. The van der Waals surface area contributed by atoms with Crippen LogP contribution in [0.15, 0.2) is 12.5 Å². The smallest absolute Gasteiger partial charge is 0.0952 e. The molecule has 1 aromatic heterocycles. The van der Waals surface area contributed by atoms with Crippen molar-refractivity contribution in [3.05, 3.63) is 18.2 Å². The van der Waals surface area contributed by atoms with Crippen LogP contribution < -0.4 is 5.73 Å². The molecule has 0 saturated heterocycles. The molecule has 0 amide bonds. The molecular formula is C10H17N3O. The maximum Gasteiger partial charge on any atom is 0.0952 e. The van der Waals surface area contributed by atoms with E-state index >= 15 is 0 Å². The summed E-state index contributed by atoms with van der Waals surface area (Å²) in [7, 11) is 1.78. The molecule has 4 nitrogen and oxygen atoms in total. The van der Waals surface area contributed by atoms with Crippen LogP contribution in [0, 0.1) is 0 Å². The van der Waals surface area contributed by atoms with Crippen LogP contribution in [0.5, 0.6) is 0 Å². The predicted octanol–water partition coefficient (Wildman–Crippen LogP) is 1.08. The third-order valence-electron chi connectivity index (χ3n) is 3.03. The van der Waals surface area contributed by atoms with Crippen LogP contribution in [0.25, 0.3) is 0 Å². The molecule has 14 heavy (non-hydrogen) atoms. The summed E-state index contributed by atoms with van der Waals surface area (Å²) in [6, 6.07) is 0.432. The van der Waals surface area contributed by atoms with Crippen LogP contribution in [-0.4, -0.2) is 22.8 Å². The molecule has 1 heterocycles. The van der Waals surface area contributed by atoms with Gasteiger partial charge in [0, 0.05) is 19.9 Å². The van der Waals surface area contributed by atoms with Gasteiger partial charge in [0.05, 0.1) is 24.2 Å². The van der Waals surface area contributed by atoms with Gasteiger partial charge in [0.25, 0.3) is 0 Å². The highest BCUT2D eigenvalue weighted by Gasteiger charge is 2.29. The summed E-state index contributed by atoms with van der Waals surface area (Å²) in [4.78, 5) is 4.13. The van der Waals surface area contributed by atoms with E-state index in [2.05, 4.69) is 9.55 Å². The van der Waals surface area contributed by atoms with Gasteiger partial charge >= 0.3 is 0 Å². The van der Waals surface area contributed by atoms with Crippen molar-refractivity contribution in [1.82, 2.24) is 9.55 Å². The van der Waals surface area contributed by atoms with Crippen molar-refractivity contribution in [3.63, 3.8) is 0 Å². The van der Waals surface area contributed by atoms with E-state index < -0.39 is 0 Å². The molecule has 0 aliphatic heterocycles. The first-order valence-corrected chi connectivity index (χ1v) is 5.10. The number of nitrogens with two attached hydrogens (primary N) is 1. The van der Waals surface area contributed by atoms with Crippen LogP contribution in [-0.2, 0) is 11.3 Å². The predicted molar refractivity (Wildman–Crippen MR) is 53.8 cm³/mol. The fourth-order valence-corrected chi connectivity index (χ4v) is 2.29. The first-order chi connectivity index (χ1) is 6.86. The number of aromatic nitrogens is 2. The number of hydrogen-bond acceptors (Lipinski definition) is 3. The minimum atomic E-state index is 0.328. The van der Waals surface area contributed by atoms with Crippen molar-refractivity contribution < 1.29 is 4.74 Å². The molecule has 1 aliphatic carbocycles. The molecule has 1 fully saturated rings. The summed E-state index contributed by atoms with van der Waals surface area (Å²) in [6.45, 7) is 0.549. The van der Waals surface area contributed by atoms with Crippen LogP contribution in [0.4, 0.5) is 0 Å². The lowest BCUT2D eigenvalue weighted by Crippen LogP contribution is -2.22. The minimum Gasteiger partial charge on any atom is -0.379 e. The zero-order chi connectivity index (χ0) is 9.97. The largest absolute Gasteiger partial charge is 0.379 e. The van der Waals surface area contributed by atoms with E-state index in [1.165, 1.54) is 12.8 Å². The Morgan fingerprint density at radius 1 is 1.64 bits per heavy atom. The Morgan fingerprint density at radius 3 is 3.21 bits per heavy atom. The summed E-state index contributed by atoms with van der Waals surface area (Å²) >= 11 is 0. The number of rotatable bonds is 3. The third-order valence-corrected chi connectivity index (χ3v) is 3.03. The second kappa shape index (κ2) is 4.11. The highest BCUT2D eigenvalue weighted by Crippen LogP contribution is 2.32. The van der Waals surface area contributed by atoms with Gasteiger partial charge in [-0.25, -0.2) is 4.98 Å². The van der Waals surface area contributed by atoms with E-state index in [9.17, 15) is 0 Å². The van der Waals surface area contributed by atoms with Crippen LogP contribution in [0.1, 0.15) is 31.0 Å². The SMILES string of the molecule is COC1CCCC1n1cncc1CN. The van der Waals surface area contributed by atoms with Crippen LogP contribution >= 0.6 is 0 Å². The lowest BCUT2D eigenvalue weighted by atomic mass is 10.2. The Labute approximate surface area is 84.1 Å². The van der Waals surface area contributed by atoms with E-state index in [-0.39, 0.29) is 0 Å². The maximum atomic E-state index is 5.65. The lowest BCUT2D eigenvalue weighted by molar-refractivity contribution is 0.0741. The van der Waals surface area contributed by atoms with Gasteiger partial charge in [-0.3, -0.25) is 0 Å². The van der Waals surface area contributed by atoms with Crippen molar-refractivity contribution in [2.24, 2.45) is 5.73 Å². The lowest BCUT2D eigenvalue weighted by Gasteiger charge is -2.21. The van der Waals surface area contributed by atoms with Gasteiger partial charge in [0.2, 0.25) is 0 Å². The van der Waals surface area contributed by atoms with Crippen LogP contribution in [0.2, 0.25) is 0 Å². The topological polar surface area (TPSA) is 53.1 Å². The summed E-state index contributed by atoms with van der Waals surface area (Å²) in [5.74, 6) is 0. The summed E-state index contributed by atoms with van der Waals surface area (Å²) in [5.41, 5.74) is 6.74. The normalized spacial score (nSPS) is 27.0. The molecule has 1 saturated carbocycles. The average molecular weight is 195 g/mol. The number of ether oxygens (including phenoxy) is 1. The molecule has 0 aromatic carbocycles. The highest BCUT2D eigenvalue weighted by molar-refractivity contribution is 5.02. The Morgan fingerprint density at radius 2 is 2.50 bits per heavy atom. The van der Waals surface area contributed by atoms with E-state index in [1.807, 2.05) is 12.5 Å². The van der Waals surface area contributed by atoms with Gasteiger partial charge in [-0.1, -0.05) is 0 Å². The van der Waals surface area contributed by atoms with Crippen molar-refractivity contribution in [2.75, 3.05) is 7.11 Å². The molecule has 2 atom stereocenters. The first-order valence-electron chi connectivity index (χ1n) is 5.10. The summed E-state index contributed by atoms with van der Waals surface area (Å²) in [5, 5.41) is 0. The van der Waals surface area contributed by atoms with Crippen molar-refractivity contribution in [3.8, 4) is 0 Å².